The number of hydrogen-bond donors (Lipinski definition) is 2. The number of aromatic hydroxyl groups is 1. The van der Waals surface area contributed by atoms with Gasteiger partial charge in [-0.05, 0) is 61.4 Å². The van der Waals surface area contributed by atoms with E-state index in [1.165, 1.54) is 19.1 Å². The Morgan fingerprint density at radius 3 is 2.36 bits per heavy atom. The first-order valence-corrected chi connectivity index (χ1v) is 12.3. The van der Waals surface area contributed by atoms with Gasteiger partial charge in [-0.15, -0.1) is 0 Å². The predicted octanol–water partition coefficient (Wildman–Crippen LogP) is 4.21. The molecule has 0 saturated carbocycles. The minimum atomic E-state index is -0.420. The number of benzene rings is 2. The summed E-state index contributed by atoms with van der Waals surface area (Å²) in [6, 6.07) is 9.61. The van der Waals surface area contributed by atoms with E-state index in [9.17, 15) is 19.5 Å². The normalized spacial score (nSPS) is 14.2. The number of phenolic OH excluding ortho intramolecular Hbond substituents is 1. The fourth-order valence-electron chi connectivity index (χ4n) is 3.37. The maximum Gasteiger partial charge on any atom is 0.338 e. The summed E-state index contributed by atoms with van der Waals surface area (Å²) in [5.74, 6) is -0.584. The molecule has 1 aliphatic rings. The van der Waals surface area contributed by atoms with Gasteiger partial charge in [-0.2, -0.15) is 0 Å². The van der Waals surface area contributed by atoms with Crippen molar-refractivity contribution in [2.24, 2.45) is 0 Å². The molecular weight excluding hydrogens is 504 g/mol. The summed E-state index contributed by atoms with van der Waals surface area (Å²) in [5.41, 5.74) is 1.57. The molecule has 0 bridgehead atoms. The van der Waals surface area contributed by atoms with Gasteiger partial charge in [-0.1, -0.05) is 24.0 Å². The Labute approximate surface area is 218 Å². The summed E-state index contributed by atoms with van der Waals surface area (Å²) < 4.78 is 15.7. The van der Waals surface area contributed by atoms with Gasteiger partial charge in [0.05, 0.1) is 31.3 Å². The number of ether oxygens (including phenoxy) is 3. The SMILES string of the molecule is CCOC(=O)c1ccc(NC(=O)CCCN2C(=O)/C(=C/c3cc(OC)c(O)c(OC)c3)SC2=S)cc1. The molecule has 3 rings (SSSR count). The smallest absolute Gasteiger partial charge is 0.338 e. The van der Waals surface area contributed by atoms with Crippen molar-refractivity contribution in [2.75, 3.05) is 32.7 Å². The number of esters is 1. The number of methoxy groups -OCH3 is 2. The van der Waals surface area contributed by atoms with Crippen LogP contribution in [0.2, 0.25) is 0 Å². The molecule has 2 aromatic rings. The van der Waals surface area contributed by atoms with E-state index in [1.54, 1.807) is 49.4 Å². The topological polar surface area (TPSA) is 114 Å². The number of amides is 2. The number of nitrogens with zero attached hydrogens (tertiary/aromatic N) is 1. The Balaban J connectivity index is 1.56. The number of hydrogen-bond acceptors (Lipinski definition) is 9. The lowest BCUT2D eigenvalue weighted by Gasteiger charge is -2.14. The van der Waals surface area contributed by atoms with Crippen LogP contribution in [0.3, 0.4) is 0 Å². The highest BCUT2D eigenvalue weighted by atomic mass is 32.2. The summed E-state index contributed by atoms with van der Waals surface area (Å²) >= 11 is 6.53. The number of nitrogens with one attached hydrogen (secondary N) is 1. The third-order valence-corrected chi connectivity index (χ3v) is 6.52. The highest BCUT2D eigenvalue weighted by Gasteiger charge is 2.31. The van der Waals surface area contributed by atoms with E-state index in [0.29, 0.717) is 39.0 Å². The molecule has 2 N–H and O–H groups in total. The second-order valence-corrected chi connectivity index (χ2v) is 9.23. The minimum absolute atomic E-state index is 0.127. The zero-order chi connectivity index (χ0) is 26.2. The number of rotatable bonds is 10. The standard InChI is InChI=1S/C25H26N2O7S2/c1-4-34-24(31)16-7-9-17(10-8-16)26-21(28)6-5-11-27-23(30)20(36-25(27)35)14-15-12-18(32-2)22(29)19(13-15)33-3/h7-10,12-14,29H,4-6,11H2,1-3H3,(H,26,28)/b20-14-. The number of thiocarbonyl (C=S) groups is 1. The zero-order valence-electron chi connectivity index (χ0n) is 20.0. The third-order valence-electron chi connectivity index (χ3n) is 5.14. The summed E-state index contributed by atoms with van der Waals surface area (Å²) in [4.78, 5) is 38.8. The Bertz CT molecular complexity index is 1170. The molecule has 2 amide bonds. The van der Waals surface area contributed by atoms with E-state index in [0.717, 1.165) is 11.8 Å². The van der Waals surface area contributed by atoms with Crippen LogP contribution in [0.25, 0.3) is 6.08 Å². The molecule has 1 heterocycles. The molecule has 0 unspecified atom stereocenters. The summed E-state index contributed by atoms with van der Waals surface area (Å²) in [5, 5.41) is 12.8. The van der Waals surface area contributed by atoms with Gasteiger partial charge in [0, 0.05) is 18.7 Å². The number of phenols is 1. The van der Waals surface area contributed by atoms with Crippen molar-refractivity contribution in [1.29, 1.82) is 0 Å². The van der Waals surface area contributed by atoms with Crippen LogP contribution in [0.15, 0.2) is 41.3 Å². The van der Waals surface area contributed by atoms with Gasteiger partial charge < -0.3 is 24.6 Å². The van der Waals surface area contributed by atoms with E-state index >= 15 is 0 Å². The molecule has 190 valence electrons. The monoisotopic (exact) mass is 530 g/mol. The molecular formula is C25H26N2O7S2. The molecule has 0 spiro atoms. The van der Waals surface area contributed by atoms with Crippen molar-refractivity contribution < 1.29 is 33.7 Å². The van der Waals surface area contributed by atoms with E-state index in [4.69, 9.17) is 26.4 Å². The summed E-state index contributed by atoms with van der Waals surface area (Å²) in [7, 11) is 2.85. The Hall–Kier alpha value is -3.57. The van der Waals surface area contributed by atoms with Crippen LogP contribution in [0.5, 0.6) is 17.2 Å². The summed E-state index contributed by atoms with van der Waals surface area (Å²) in [6.07, 6.45) is 2.24. The van der Waals surface area contributed by atoms with Crippen LogP contribution in [0.4, 0.5) is 5.69 Å². The molecule has 36 heavy (non-hydrogen) atoms. The highest BCUT2D eigenvalue weighted by molar-refractivity contribution is 8.26. The van der Waals surface area contributed by atoms with Crippen molar-refractivity contribution in [3.63, 3.8) is 0 Å². The maximum atomic E-state index is 12.9. The van der Waals surface area contributed by atoms with Crippen molar-refractivity contribution in [2.45, 2.75) is 19.8 Å². The quantitative estimate of drug-likeness (QED) is 0.265. The zero-order valence-corrected chi connectivity index (χ0v) is 21.7. The van der Waals surface area contributed by atoms with Gasteiger partial charge in [0.25, 0.3) is 5.91 Å². The number of carbonyl (C=O) groups is 3. The largest absolute Gasteiger partial charge is 0.502 e. The second kappa shape index (κ2) is 12.4. The van der Waals surface area contributed by atoms with Crippen molar-refractivity contribution >= 4 is 57.8 Å². The third kappa shape index (κ3) is 6.55. The van der Waals surface area contributed by atoms with Crippen molar-refractivity contribution in [3.8, 4) is 17.2 Å². The van der Waals surface area contributed by atoms with Gasteiger partial charge in [-0.3, -0.25) is 14.5 Å². The van der Waals surface area contributed by atoms with E-state index in [2.05, 4.69) is 5.32 Å². The predicted molar refractivity (Wildman–Crippen MR) is 141 cm³/mol. The molecule has 1 saturated heterocycles. The molecule has 0 atom stereocenters. The lowest BCUT2D eigenvalue weighted by Crippen LogP contribution is -2.29. The second-order valence-electron chi connectivity index (χ2n) is 7.56. The number of carbonyl (C=O) groups excluding carboxylic acids is 3. The van der Waals surface area contributed by atoms with Gasteiger partial charge in [0.1, 0.15) is 4.32 Å². The first-order valence-electron chi connectivity index (χ1n) is 11.0. The minimum Gasteiger partial charge on any atom is -0.502 e. The molecule has 2 aromatic carbocycles. The number of anilines is 1. The Morgan fingerprint density at radius 1 is 1.14 bits per heavy atom. The molecule has 0 radical (unpaired) electrons. The lowest BCUT2D eigenvalue weighted by atomic mass is 10.1. The lowest BCUT2D eigenvalue weighted by molar-refractivity contribution is -0.122. The van der Waals surface area contributed by atoms with E-state index in [-0.39, 0.29) is 42.1 Å². The molecule has 1 fully saturated rings. The Kier molecular flexibility index (Phi) is 9.31. The first-order chi connectivity index (χ1) is 17.3. The number of thioether (sulfide) groups is 1. The van der Waals surface area contributed by atoms with Crippen molar-refractivity contribution in [3.05, 3.63) is 52.4 Å². The van der Waals surface area contributed by atoms with Crippen LogP contribution >= 0.6 is 24.0 Å². The average Bonchev–Trinajstić information content (AvgIpc) is 3.12. The van der Waals surface area contributed by atoms with Crippen LogP contribution in [0, 0.1) is 0 Å². The average molecular weight is 531 g/mol. The molecule has 1 aliphatic heterocycles. The molecule has 0 aromatic heterocycles. The first kappa shape index (κ1) is 27.0. The van der Waals surface area contributed by atoms with E-state index < -0.39 is 5.97 Å². The fraction of sp³-hybridized carbons (Fsp3) is 0.280. The molecule has 11 heteroatoms. The molecule has 0 aliphatic carbocycles. The van der Waals surface area contributed by atoms with Gasteiger partial charge >= 0.3 is 5.97 Å². The Morgan fingerprint density at radius 2 is 1.78 bits per heavy atom. The van der Waals surface area contributed by atoms with Crippen LogP contribution in [-0.4, -0.2) is 59.5 Å². The van der Waals surface area contributed by atoms with Crippen LogP contribution < -0.4 is 14.8 Å². The van der Waals surface area contributed by atoms with Gasteiger partial charge in [0.15, 0.2) is 11.5 Å². The maximum absolute atomic E-state index is 12.9. The van der Waals surface area contributed by atoms with Crippen molar-refractivity contribution in [1.82, 2.24) is 4.90 Å². The highest BCUT2D eigenvalue weighted by Crippen LogP contribution is 2.39. The molecule has 9 nitrogen and oxygen atoms in total. The van der Waals surface area contributed by atoms with E-state index in [1.807, 2.05) is 0 Å². The van der Waals surface area contributed by atoms with Crippen LogP contribution in [0.1, 0.15) is 35.7 Å². The van der Waals surface area contributed by atoms with Gasteiger partial charge in [-0.25, -0.2) is 4.79 Å². The summed E-state index contributed by atoms with van der Waals surface area (Å²) in [6.45, 7) is 2.31. The van der Waals surface area contributed by atoms with Crippen LogP contribution in [-0.2, 0) is 14.3 Å². The fourth-order valence-corrected chi connectivity index (χ4v) is 4.68. The van der Waals surface area contributed by atoms with Gasteiger partial charge in [0.2, 0.25) is 11.7 Å².